The van der Waals surface area contributed by atoms with Crippen LogP contribution in [0.4, 0.5) is 11.6 Å². The van der Waals surface area contributed by atoms with Crippen LogP contribution in [0.5, 0.6) is 0 Å². The number of fused-ring (bicyclic) bond motifs is 1. The van der Waals surface area contributed by atoms with E-state index in [1.54, 1.807) is 24.3 Å². The fourth-order valence-corrected chi connectivity index (χ4v) is 2.89. The molecule has 0 saturated heterocycles. The summed E-state index contributed by atoms with van der Waals surface area (Å²) in [5.74, 6) is -0.0178. The lowest BCUT2D eigenvalue weighted by Gasteiger charge is -2.10. The van der Waals surface area contributed by atoms with Crippen LogP contribution in [-0.4, -0.2) is 28.5 Å². The third kappa shape index (κ3) is 4.44. The second-order valence-electron chi connectivity index (χ2n) is 6.19. The molecule has 27 heavy (non-hydrogen) atoms. The van der Waals surface area contributed by atoms with Gasteiger partial charge in [0.15, 0.2) is 0 Å². The van der Waals surface area contributed by atoms with Crippen LogP contribution >= 0.6 is 0 Å². The van der Waals surface area contributed by atoms with Gasteiger partial charge in [-0.3, -0.25) is 14.9 Å². The summed E-state index contributed by atoms with van der Waals surface area (Å²) in [4.78, 5) is 28.4. The van der Waals surface area contributed by atoms with Crippen LogP contribution < -0.4 is 11.1 Å². The van der Waals surface area contributed by atoms with Gasteiger partial charge in [-0.1, -0.05) is 18.2 Å². The van der Waals surface area contributed by atoms with Gasteiger partial charge in [-0.2, -0.15) is 0 Å². The number of esters is 1. The van der Waals surface area contributed by atoms with Crippen molar-refractivity contribution in [2.24, 2.45) is 0 Å². The highest BCUT2D eigenvalue weighted by molar-refractivity contribution is 6.04. The number of nitrogen functional groups attached to an aromatic ring is 1. The van der Waals surface area contributed by atoms with Gasteiger partial charge in [0, 0.05) is 24.2 Å². The highest BCUT2D eigenvalue weighted by atomic mass is 16.5. The fourth-order valence-electron chi connectivity index (χ4n) is 2.89. The summed E-state index contributed by atoms with van der Waals surface area (Å²) in [6.07, 6.45) is 1.83. The Bertz CT molecular complexity index is 965. The number of benzene rings is 2. The van der Waals surface area contributed by atoms with Crippen molar-refractivity contribution in [1.82, 2.24) is 9.55 Å². The number of hydrogen-bond acceptors (Lipinski definition) is 5. The van der Waals surface area contributed by atoms with E-state index in [0.717, 1.165) is 17.5 Å². The molecule has 1 aromatic heterocycles. The van der Waals surface area contributed by atoms with Crippen molar-refractivity contribution in [2.45, 2.75) is 25.8 Å². The van der Waals surface area contributed by atoms with E-state index < -0.39 is 0 Å². The summed E-state index contributed by atoms with van der Waals surface area (Å²) in [6, 6.07) is 14.5. The molecule has 1 heterocycles. The molecule has 3 N–H and O–H groups in total. The van der Waals surface area contributed by atoms with E-state index in [1.165, 1.54) is 7.11 Å². The number of carbonyl (C=O) groups is 2. The number of nitrogens with two attached hydrogens (primary N) is 1. The van der Waals surface area contributed by atoms with Gasteiger partial charge in [0.05, 0.1) is 18.1 Å². The average Bonchev–Trinajstić information content (AvgIpc) is 3.02. The lowest BCUT2D eigenvalue weighted by atomic mass is 10.2. The molecule has 0 fully saturated rings. The van der Waals surface area contributed by atoms with Crippen LogP contribution in [-0.2, 0) is 16.1 Å². The number of carbonyl (C=O) groups excluding carboxylic acids is 2. The van der Waals surface area contributed by atoms with E-state index in [4.69, 9.17) is 5.73 Å². The Hall–Kier alpha value is -3.35. The number of hydrogen-bond donors (Lipinski definition) is 2. The molecular formula is C20H22N4O3. The lowest BCUT2D eigenvalue weighted by molar-refractivity contribution is -0.140. The molecule has 0 aliphatic heterocycles. The third-order valence-electron chi connectivity index (χ3n) is 4.27. The lowest BCUT2D eigenvalue weighted by Crippen LogP contribution is -2.16. The molecule has 7 heteroatoms. The van der Waals surface area contributed by atoms with E-state index in [0.29, 0.717) is 36.6 Å². The number of aryl methyl sites for hydroxylation is 1. The zero-order chi connectivity index (χ0) is 19.2. The van der Waals surface area contributed by atoms with E-state index in [2.05, 4.69) is 15.0 Å². The maximum absolute atomic E-state index is 12.6. The van der Waals surface area contributed by atoms with Crippen LogP contribution in [0, 0.1) is 0 Å². The van der Waals surface area contributed by atoms with Gasteiger partial charge in [-0.25, -0.2) is 4.98 Å². The predicted molar refractivity (Wildman–Crippen MR) is 104 cm³/mol. The Morgan fingerprint density at radius 1 is 1.15 bits per heavy atom. The van der Waals surface area contributed by atoms with Gasteiger partial charge in [-0.05, 0) is 43.2 Å². The standard InChI is InChI=1S/C20H22N4O3/c1-27-18(25)11-4-5-12-24-17-10-3-2-9-16(17)22-20(24)23-19(26)14-7-6-8-15(21)13-14/h2-3,6-10,13H,4-5,11-12,21H2,1H3,(H,22,23,26). The first-order chi connectivity index (χ1) is 13.1. The molecule has 0 unspecified atom stereocenters. The quantitative estimate of drug-likeness (QED) is 0.380. The molecule has 0 aliphatic rings. The minimum atomic E-state index is -0.270. The topological polar surface area (TPSA) is 99.2 Å². The van der Waals surface area contributed by atoms with Gasteiger partial charge < -0.3 is 15.0 Å². The van der Waals surface area contributed by atoms with Gasteiger partial charge in [0.2, 0.25) is 5.95 Å². The smallest absolute Gasteiger partial charge is 0.305 e. The molecule has 2 aromatic carbocycles. The number of unbranched alkanes of at least 4 members (excludes halogenated alkanes) is 1. The number of aromatic nitrogens is 2. The van der Waals surface area contributed by atoms with Crippen LogP contribution in [0.1, 0.15) is 29.6 Å². The number of rotatable bonds is 7. The first kappa shape index (κ1) is 18.4. The molecule has 3 aromatic rings. The zero-order valence-electron chi connectivity index (χ0n) is 15.1. The van der Waals surface area contributed by atoms with Crippen molar-refractivity contribution in [3.63, 3.8) is 0 Å². The highest BCUT2D eigenvalue weighted by Crippen LogP contribution is 2.21. The number of imidazole rings is 1. The maximum Gasteiger partial charge on any atom is 0.305 e. The summed E-state index contributed by atoms with van der Waals surface area (Å²) in [7, 11) is 1.38. The normalized spacial score (nSPS) is 10.7. The molecule has 0 bridgehead atoms. The minimum absolute atomic E-state index is 0.222. The Morgan fingerprint density at radius 2 is 1.96 bits per heavy atom. The number of para-hydroxylation sites is 2. The number of methoxy groups -OCH3 is 1. The van der Waals surface area contributed by atoms with Crippen molar-refractivity contribution in [3.8, 4) is 0 Å². The Kier molecular flexibility index (Phi) is 5.71. The average molecular weight is 366 g/mol. The summed E-state index contributed by atoms with van der Waals surface area (Å²) < 4.78 is 6.62. The molecule has 7 nitrogen and oxygen atoms in total. The summed E-state index contributed by atoms with van der Waals surface area (Å²) in [5, 5.41) is 2.87. The largest absolute Gasteiger partial charge is 0.469 e. The van der Waals surface area contributed by atoms with E-state index in [9.17, 15) is 9.59 Å². The minimum Gasteiger partial charge on any atom is -0.469 e. The number of nitrogens with zero attached hydrogens (tertiary/aromatic N) is 2. The molecule has 0 aliphatic carbocycles. The zero-order valence-corrected chi connectivity index (χ0v) is 15.1. The molecule has 3 rings (SSSR count). The van der Waals surface area contributed by atoms with Gasteiger partial charge in [-0.15, -0.1) is 0 Å². The van der Waals surface area contributed by atoms with Crippen molar-refractivity contribution >= 4 is 34.5 Å². The number of amides is 1. The molecule has 140 valence electrons. The molecule has 1 amide bonds. The van der Waals surface area contributed by atoms with E-state index in [1.807, 2.05) is 28.8 Å². The Morgan fingerprint density at radius 3 is 2.74 bits per heavy atom. The molecule has 0 saturated carbocycles. The number of ether oxygens (including phenoxy) is 1. The monoisotopic (exact) mass is 366 g/mol. The molecular weight excluding hydrogens is 344 g/mol. The number of anilines is 2. The first-order valence-corrected chi connectivity index (χ1v) is 8.77. The molecule has 0 spiro atoms. The Labute approximate surface area is 157 Å². The molecule has 0 radical (unpaired) electrons. The second kappa shape index (κ2) is 8.35. The predicted octanol–water partition coefficient (Wildman–Crippen LogP) is 3.21. The van der Waals surface area contributed by atoms with Gasteiger partial charge in [0.25, 0.3) is 5.91 Å². The summed E-state index contributed by atoms with van der Waals surface area (Å²) >= 11 is 0. The van der Waals surface area contributed by atoms with Crippen LogP contribution in [0.3, 0.4) is 0 Å². The maximum atomic E-state index is 12.6. The van der Waals surface area contributed by atoms with Crippen LogP contribution in [0.15, 0.2) is 48.5 Å². The van der Waals surface area contributed by atoms with Crippen molar-refractivity contribution < 1.29 is 14.3 Å². The van der Waals surface area contributed by atoms with Gasteiger partial charge in [0.1, 0.15) is 0 Å². The summed E-state index contributed by atoms with van der Waals surface area (Å²) in [5.41, 5.74) is 8.49. The second-order valence-corrected chi connectivity index (χ2v) is 6.19. The van der Waals surface area contributed by atoms with Crippen molar-refractivity contribution in [2.75, 3.05) is 18.2 Å². The van der Waals surface area contributed by atoms with Gasteiger partial charge >= 0.3 is 5.97 Å². The third-order valence-corrected chi connectivity index (χ3v) is 4.27. The first-order valence-electron chi connectivity index (χ1n) is 8.77. The Balaban J connectivity index is 1.79. The van der Waals surface area contributed by atoms with E-state index >= 15 is 0 Å². The summed E-state index contributed by atoms with van der Waals surface area (Å²) in [6.45, 7) is 0.629. The molecule has 0 atom stereocenters. The van der Waals surface area contributed by atoms with E-state index in [-0.39, 0.29) is 11.9 Å². The van der Waals surface area contributed by atoms with Crippen LogP contribution in [0.25, 0.3) is 11.0 Å². The fraction of sp³-hybridized carbons (Fsp3) is 0.250. The van der Waals surface area contributed by atoms with Crippen molar-refractivity contribution in [3.05, 3.63) is 54.1 Å². The highest BCUT2D eigenvalue weighted by Gasteiger charge is 2.14. The van der Waals surface area contributed by atoms with Crippen LogP contribution in [0.2, 0.25) is 0 Å². The van der Waals surface area contributed by atoms with Crippen molar-refractivity contribution in [1.29, 1.82) is 0 Å². The SMILES string of the molecule is COC(=O)CCCCn1c(NC(=O)c2cccc(N)c2)nc2ccccc21. The number of nitrogens with one attached hydrogen (secondary N) is 1.